The fourth-order valence-corrected chi connectivity index (χ4v) is 3.66. The summed E-state index contributed by atoms with van der Waals surface area (Å²) >= 11 is 1.65. The molecule has 2 aromatic heterocycles. The summed E-state index contributed by atoms with van der Waals surface area (Å²) in [6, 6.07) is 7.31. The third-order valence-electron chi connectivity index (χ3n) is 3.60. The van der Waals surface area contributed by atoms with Gasteiger partial charge in [0.2, 0.25) is 0 Å². The van der Waals surface area contributed by atoms with Crippen LogP contribution in [-0.2, 0) is 13.5 Å². The Hall–Kier alpha value is -1.72. The van der Waals surface area contributed by atoms with E-state index in [-0.39, 0.29) is 11.9 Å². The first kappa shape index (κ1) is 14.2. The molecule has 5 heteroatoms. The number of hydrogen-bond acceptors (Lipinski definition) is 3. The first-order valence-corrected chi connectivity index (χ1v) is 7.87. The van der Waals surface area contributed by atoms with E-state index in [4.69, 9.17) is 0 Å². The molecule has 0 radical (unpaired) electrons. The Labute approximate surface area is 127 Å². The number of nitrogens with one attached hydrogen (secondary N) is 1. The average molecular weight is 303 g/mol. The van der Waals surface area contributed by atoms with Crippen molar-refractivity contribution >= 4 is 21.4 Å². The topological polar surface area (TPSA) is 29.9 Å². The zero-order valence-corrected chi connectivity index (χ0v) is 13.0. The summed E-state index contributed by atoms with van der Waals surface area (Å²) < 4.78 is 16.4. The molecule has 1 aromatic carbocycles. The van der Waals surface area contributed by atoms with Crippen molar-refractivity contribution in [1.29, 1.82) is 0 Å². The second-order valence-corrected chi connectivity index (χ2v) is 6.22. The van der Waals surface area contributed by atoms with Crippen LogP contribution in [0.4, 0.5) is 4.39 Å². The van der Waals surface area contributed by atoms with Gasteiger partial charge in [0.25, 0.3) is 0 Å². The monoisotopic (exact) mass is 303 g/mol. The van der Waals surface area contributed by atoms with Crippen LogP contribution in [0.15, 0.2) is 36.7 Å². The van der Waals surface area contributed by atoms with Crippen LogP contribution in [0, 0.1) is 5.82 Å². The molecule has 0 bridgehead atoms. The van der Waals surface area contributed by atoms with Gasteiger partial charge in [0, 0.05) is 41.5 Å². The maximum atomic E-state index is 13.3. The van der Waals surface area contributed by atoms with Crippen LogP contribution >= 0.6 is 11.3 Å². The summed E-state index contributed by atoms with van der Waals surface area (Å²) in [6.07, 6.45) is 4.60. The van der Waals surface area contributed by atoms with Gasteiger partial charge >= 0.3 is 0 Å². The van der Waals surface area contributed by atoms with E-state index in [0.29, 0.717) is 0 Å². The van der Waals surface area contributed by atoms with Gasteiger partial charge in [0.15, 0.2) is 0 Å². The van der Waals surface area contributed by atoms with Crippen LogP contribution in [0.3, 0.4) is 0 Å². The number of fused-ring (bicyclic) bond motifs is 1. The van der Waals surface area contributed by atoms with Crippen molar-refractivity contribution < 1.29 is 4.39 Å². The van der Waals surface area contributed by atoms with Gasteiger partial charge in [-0.15, -0.1) is 11.3 Å². The van der Waals surface area contributed by atoms with Crippen molar-refractivity contribution in [2.45, 2.75) is 19.4 Å². The molecule has 3 aromatic rings. The van der Waals surface area contributed by atoms with Gasteiger partial charge in [-0.1, -0.05) is 13.0 Å². The Kier molecular flexibility index (Phi) is 4.03. The standard InChI is InChI=1S/C16H18FN3S/c1-3-18-13(10-16-19-6-7-20(16)2)15-8-11-4-5-12(17)9-14(11)21-15/h4-9,13,18H,3,10H2,1-2H3. The second kappa shape index (κ2) is 5.95. The molecule has 3 nitrogen and oxygen atoms in total. The lowest BCUT2D eigenvalue weighted by Gasteiger charge is -2.16. The summed E-state index contributed by atoms with van der Waals surface area (Å²) in [7, 11) is 2.01. The van der Waals surface area contributed by atoms with E-state index < -0.39 is 0 Å². The molecular weight excluding hydrogens is 285 g/mol. The number of likely N-dealkylation sites (N-methyl/N-ethyl adjacent to an activating group) is 1. The predicted octanol–water partition coefficient (Wildman–Crippen LogP) is 3.67. The summed E-state index contributed by atoms with van der Waals surface area (Å²) in [5.74, 6) is 0.865. The SMILES string of the molecule is CCNC(Cc1nccn1C)c1cc2ccc(F)cc2s1. The molecule has 1 atom stereocenters. The molecule has 0 aliphatic rings. The second-order valence-electron chi connectivity index (χ2n) is 5.10. The molecule has 110 valence electrons. The Bertz CT molecular complexity index is 747. The third-order valence-corrected chi connectivity index (χ3v) is 4.81. The summed E-state index contributed by atoms with van der Waals surface area (Å²) in [4.78, 5) is 5.62. The van der Waals surface area contributed by atoms with Crippen molar-refractivity contribution in [2.75, 3.05) is 6.54 Å². The smallest absolute Gasteiger partial charge is 0.124 e. The molecule has 0 aliphatic heterocycles. The molecule has 2 heterocycles. The van der Waals surface area contributed by atoms with E-state index in [1.165, 1.54) is 10.9 Å². The third kappa shape index (κ3) is 2.99. The molecular formula is C16H18FN3S. The molecule has 0 aliphatic carbocycles. The van der Waals surface area contributed by atoms with Crippen molar-refractivity contribution in [3.63, 3.8) is 0 Å². The molecule has 0 saturated heterocycles. The van der Waals surface area contributed by atoms with E-state index in [1.54, 1.807) is 17.4 Å². The largest absolute Gasteiger partial charge is 0.338 e. The maximum Gasteiger partial charge on any atom is 0.124 e. The number of thiophene rings is 1. The predicted molar refractivity (Wildman–Crippen MR) is 85.1 cm³/mol. The average Bonchev–Trinajstić information content (AvgIpc) is 3.04. The number of nitrogens with zero attached hydrogens (tertiary/aromatic N) is 2. The number of benzene rings is 1. The Morgan fingerprint density at radius 1 is 1.38 bits per heavy atom. The highest BCUT2D eigenvalue weighted by atomic mass is 32.1. The van der Waals surface area contributed by atoms with Gasteiger partial charge < -0.3 is 9.88 Å². The summed E-state index contributed by atoms with van der Waals surface area (Å²) in [5, 5.41) is 4.60. The Balaban J connectivity index is 1.93. The number of imidazole rings is 1. The van der Waals surface area contributed by atoms with Gasteiger partial charge in [-0.3, -0.25) is 0 Å². The van der Waals surface area contributed by atoms with E-state index in [9.17, 15) is 4.39 Å². The van der Waals surface area contributed by atoms with Crippen molar-refractivity contribution in [3.8, 4) is 0 Å². The van der Waals surface area contributed by atoms with Gasteiger partial charge in [-0.25, -0.2) is 9.37 Å². The highest BCUT2D eigenvalue weighted by molar-refractivity contribution is 7.19. The van der Waals surface area contributed by atoms with Crippen LogP contribution in [0.25, 0.3) is 10.1 Å². The first-order chi connectivity index (χ1) is 10.2. The number of hydrogen-bond donors (Lipinski definition) is 1. The zero-order chi connectivity index (χ0) is 14.8. The fourth-order valence-electron chi connectivity index (χ4n) is 2.49. The Morgan fingerprint density at radius 2 is 2.24 bits per heavy atom. The van der Waals surface area contributed by atoms with Crippen molar-refractivity contribution in [3.05, 3.63) is 53.2 Å². The quantitative estimate of drug-likeness (QED) is 0.779. The van der Waals surface area contributed by atoms with Crippen LogP contribution in [0.5, 0.6) is 0 Å². The van der Waals surface area contributed by atoms with Crippen LogP contribution in [0.2, 0.25) is 0 Å². The molecule has 3 rings (SSSR count). The molecule has 1 N–H and O–H groups in total. The zero-order valence-electron chi connectivity index (χ0n) is 12.1. The van der Waals surface area contributed by atoms with E-state index >= 15 is 0 Å². The Morgan fingerprint density at radius 3 is 2.95 bits per heavy atom. The fraction of sp³-hybridized carbons (Fsp3) is 0.312. The lowest BCUT2D eigenvalue weighted by molar-refractivity contribution is 0.536. The highest BCUT2D eigenvalue weighted by Gasteiger charge is 2.16. The van der Waals surface area contributed by atoms with Crippen molar-refractivity contribution in [2.24, 2.45) is 7.05 Å². The number of halogens is 1. The minimum absolute atomic E-state index is 0.181. The molecule has 0 spiro atoms. The summed E-state index contributed by atoms with van der Waals surface area (Å²) in [5.41, 5.74) is 0. The number of rotatable bonds is 5. The molecule has 1 unspecified atom stereocenters. The van der Waals surface area contributed by atoms with E-state index in [1.807, 2.05) is 30.1 Å². The van der Waals surface area contributed by atoms with Crippen LogP contribution in [-0.4, -0.2) is 16.1 Å². The lowest BCUT2D eigenvalue weighted by Crippen LogP contribution is -2.23. The molecule has 0 saturated carbocycles. The molecule has 0 fully saturated rings. The van der Waals surface area contributed by atoms with Crippen molar-refractivity contribution in [1.82, 2.24) is 14.9 Å². The van der Waals surface area contributed by atoms with Gasteiger partial charge in [-0.2, -0.15) is 0 Å². The minimum Gasteiger partial charge on any atom is -0.338 e. The van der Waals surface area contributed by atoms with Gasteiger partial charge in [-0.05, 0) is 30.1 Å². The maximum absolute atomic E-state index is 13.3. The minimum atomic E-state index is -0.181. The van der Waals surface area contributed by atoms with Gasteiger partial charge in [0.1, 0.15) is 11.6 Å². The lowest BCUT2D eigenvalue weighted by atomic mass is 10.1. The number of aromatic nitrogens is 2. The van der Waals surface area contributed by atoms with E-state index in [0.717, 1.165) is 28.9 Å². The molecule has 0 amide bonds. The normalized spacial score (nSPS) is 12.9. The van der Waals surface area contributed by atoms with E-state index in [2.05, 4.69) is 23.3 Å². The van der Waals surface area contributed by atoms with Gasteiger partial charge in [0.05, 0.1) is 0 Å². The van der Waals surface area contributed by atoms with Crippen LogP contribution < -0.4 is 5.32 Å². The first-order valence-electron chi connectivity index (χ1n) is 7.06. The number of aryl methyl sites for hydroxylation is 1. The van der Waals surface area contributed by atoms with Crippen LogP contribution in [0.1, 0.15) is 23.7 Å². The summed E-state index contributed by atoms with van der Waals surface area (Å²) in [6.45, 7) is 2.98. The highest BCUT2D eigenvalue weighted by Crippen LogP contribution is 2.31. The molecule has 21 heavy (non-hydrogen) atoms.